The van der Waals surface area contributed by atoms with Gasteiger partial charge in [-0.05, 0) is 12.0 Å². The van der Waals surface area contributed by atoms with Crippen LogP contribution in [-0.4, -0.2) is 56.2 Å². The van der Waals surface area contributed by atoms with E-state index in [1.165, 1.54) is 5.56 Å². The molecule has 0 saturated carbocycles. The average Bonchev–Trinajstić information content (AvgIpc) is 2.42. The summed E-state index contributed by atoms with van der Waals surface area (Å²) in [6.45, 7) is 3.58. The number of benzene rings is 1. The highest BCUT2D eigenvalue weighted by atomic mass is 35.5. The average molecular weight is 350 g/mol. The molecule has 1 saturated heterocycles. The molecule has 3 N–H and O–H groups in total. The fourth-order valence-electron chi connectivity index (χ4n) is 2.09. The third kappa shape index (κ3) is 6.94. The summed E-state index contributed by atoms with van der Waals surface area (Å²) >= 11 is 0. The molecule has 1 heterocycles. The molecule has 0 atom stereocenters. The number of hydrogen-bond donors (Lipinski definition) is 2. The lowest BCUT2D eigenvalue weighted by molar-refractivity contribution is -0.139. The molecule has 22 heavy (non-hydrogen) atoms. The number of halogens is 2. The van der Waals surface area contributed by atoms with Crippen LogP contribution in [0.2, 0.25) is 0 Å². The highest BCUT2D eigenvalue weighted by molar-refractivity contribution is 5.85. The Hall–Kier alpha value is -0.850. The zero-order valence-corrected chi connectivity index (χ0v) is 14.2. The molecule has 5 nitrogen and oxygen atoms in total. The molecule has 0 bridgehead atoms. The molecular formula is C15H25Cl2N3O2. The molecule has 1 aliphatic heterocycles. The fraction of sp³-hybridized carbons (Fsp3) is 0.533. The second-order valence-corrected chi connectivity index (χ2v) is 5.00. The smallest absolute Gasteiger partial charge is 0.248 e. The maximum Gasteiger partial charge on any atom is 0.248 e. The Labute approximate surface area is 144 Å². The van der Waals surface area contributed by atoms with Gasteiger partial charge in [0.15, 0.2) is 0 Å². The Kier molecular flexibility index (Phi) is 11.2. The van der Waals surface area contributed by atoms with Crippen molar-refractivity contribution in [3.05, 3.63) is 35.9 Å². The predicted octanol–water partition coefficient (Wildman–Crippen LogP) is 0.848. The van der Waals surface area contributed by atoms with Gasteiger partial charge in [0.05, 0.1) is 6.10 Å². The van der Waals surface area contributed by atoms with Crippen LogP contribution in [0.3, 0.4) is 0 Å². The zero-order chi connectivity index (χ0) is 14.2. The summed E-state index contributed by atoms with van der Waals surface area (Å²) < 4.78 is 5.52. The molecule has 1 aromatic carbocycles. The van der Waals surface area contributed by atoms with Gasteiger partial charge in [0.2, 0.25) is 5.91 Å². The van der Waals surface area contributed by atoms with Gasteiger partial charge >= 0.3 is 0 Å². The van der Waals surface area contributed by atoms with Gasteiger partial charge in [-0.2, -0.15) is 0 Å². The zero-order valence-electron chi connectivity index (χ0n) is 12.6. The number of nitrogens with zero attached hydrogens (tertiary/aromatic N) is 1. The molecule has 1 fully saturated rings. The Morgan fingerprint density at radius 1 is 1.23 bits per heavy atom. The molecule has 1 aliphatic rings. The summed E-state index contributed by atoms with van der Waals surface area (Å²) in [6, 6.07) is 10.2. The number of nitrogens with one attached hydrogen (secondary N) is 1. The Morgan fingerprint density at radius 3 is 2.45 bits per heavy atom. The number of ether oxygens (including phenoxy) is 1. The summed E-state index contributed by atoms with van der Waals surface area (Å²) in [5.74, 6) is 0.0262. The third-order valence-electron chi connectivity index (χ3n) is 3.45. The van der Waals surface area contributed by atoms with E-state index < -0.39 is 0 Å². The molecule has 2 rings (SSSR count). The summed E-state index contributed by atoms with van der Waals surface area (Å²) in [5, 5.41) is 3.12. The lowest BCUT2D eigenvalue weighted by Crippen LogP contribution is -2.50. The molecule has 126 valence electrons. The van der Waals surface area contributed by atoms with Gasteiger partial charge in [0.1, 0.15) is 6.61 Å². The largest absolute Gasteiger partial charge is 0.366 e. The molecule has 0 spiro atoms. The number of carbonyl (C=O) groups excluding carboxylic acids is 1. The Bertz CT molecular complexity index is 417. The standard InChI is InChI=1S/C15H23N3O2.2ClH/c16-7-9-18(8-6-13-4-2-1-3-5-13)15(19)12-20-14-10-17-11-14;;/h1-5,14,17H,6-12,16H2;2*1H. The quantitative estimate of drug-likeness (QED) is 0.730. The summed E-state index contributed by atoms with van der Waals surface area (Å²) in [4.78, 5) is 13.9. The van der Waals surface area contributed by atoms with Crippen LogP contribution in [0.1, 0.15) is 5.56 Å². The molecule has 1 aromatic rings. The van der Waals surface area contributed by atoms with E-state index >= 15 is 0 Å². The minimum atomic E-state index is 0. The van der Waals surface area contributed by atoms with Crippen molar-refractivity contribution in [3.63, 3.8) is 0 Å². The normalized spacial score (nSPS) is 13.5. The fourth-order valence-corrected chi connectivity index (χ4v) is 2.09. The van der Waals surface area contributed by atoms with Crippen LogP contribution in [0.25, 0.3) is 0 Å². The van der Waals surface area contributed by atoms with Crippen molar-refractivity contribution in [2.75, 3.05) is 39.3 Å². The highest BCUT2D eigenvalue weighted by Crippen LogP contribution is 2.03. The van der Waals surface area contributed by atoms with Gasteiger partial charge in [-0.25, -0.2) is 0 Å². The minimum absolute atomic E-state index is 0. The van der Waals surface area contributed by atoms with Crippen LogP contribution in [-0.2, 0) is 16.0 Å². The SMILES string of the molecule is Cl.Cl.NCCN(CCc1ccccc1)C(=O)COC1CNC1. The molecule has 0 radical (unpaired) electrons. The molecule has 7 heteroatoms. The highest BCUT2D eigenvalue weighted by Gasteiger charge is 2.20. The van der Waals surface area contributed by atoms with Crippen molar-refractivity contribution in [2.24, 2.45) is 5.73 Å². The van der Waals surface area contributed by atoms with E-state index in [1.807, 2.05) is 18.2 Å². The molecular weight excluding hydrogens is 325 g/mol. The van der Waals surface area contributed by atoms with Crippen molar-refractivity contribution < 1.29 is 9.53 Å². The van der Waals surface area contributed by atoms with Crippen molar-refractivity contribution >= 4 is 30.7 Å². The van der Waals surface area contributed by atoms with Gasteiger partial charge in [0, 0.05) is 32.7 Å². The first-order valence-corrected chi connectivity index (χ1v) is 7.13. The summed E-state index contributed by atoms with van der Waals surface area (Å²) in [5.41, 5.74) is 6.81. The minimum Gasteiger partial charge on any atom is -0.366 e. The van der Waals surface area contributed by atoms with Crippen LogP contribution in [0.15, 0.2) is 30.3 Å². The van der Waals surface area contributed by atoms with Crippen molar-refractivity contribution in [3.8, 4) is 0 Å². The second-order valence-electron chi connectivity index (χ2n) is 5.00. The Balaban J connectivity index is 0.00000220. The maximum absolute atomic E-state index is 12.1. The van der Waals surface area contributed by atoms with E-state index in [9.17, 15) is 4.79 Å². The van der Waals surface area contributed by atoms with E-state index in [-0.39, 0.29) is 43.4 Å². The summed E-state index contributed by atoms with van der Waals surface area (Å²) in [7, 11) is 0. The van der Waals surface area contributed by atoms with Crippen LogP contribution in [0.4, 0.5) is 0 Å². The van der Waals surface area contributed by atoms with Gasteiger partial charge in [-0.1, -0.05) is 30.3 Å². The first-order valence-electron chi connectivity index (χ1n) is 7.13. The van der Waals surface area contributed by atoms with Crippen LogP contribution >= 0.6 is 24.8 Å². The number of carbonyl (C=O) groups is 1. The molecule has 0 aromatic heterocycles. The predicted molar refractivity (Wildman–Crippen MR) is 92.9 cm³/mol. The van der Waals surface area contributed by atoms with Crippen LogP contribution in [0, 0.1) is 0 Å². The van der Waals surface area contributed by atoms with Gasteiger partial charge in [-0.3, -0.25) is 4.79 Å². The second kappa shape index (κ2) is 11.7. The van der Waals surface area contributed by atoms with Gasteiger partial charge in [0.25, 0.3) is 0 Å². The number of rotatable bonds is 8. The summed E-state index contributed by atoms with van der Waals surface area (Å²) in [6.07, 6.45) is 1.03. The molecule has 1 amide bonds. The first-order chi connectivity index (χ1) is 9.79. The maximum atomic E-state index is 12.1. The van der Waals surface area contributed by atoms with Crippen molar-refractivity contribution in [2.45, 2.75) is 12.5 Å². The first kappa shape index (κ1) is 21.1. The number of hydrogen-bond acceptors (Lipinski definition) is 4. The Morgan fingerprint density at radius 2 is 1.91 bits per heavy atom. The van der Waals surface area contributed by atoms with E-state index in [4.69, 9.17) is 10.5 Å². The van der Waals surface area contributed by atoms with E-state index in [0.29, 0.717) is 19.6 Å². The lowest BCUT2D eigenvalue weighted by Gasteiger charge is -2.28. The van der Waals surface area contributed by atoms with Crippen molar-refractivity contribution in [1.82, 2.24) is 10.2 Å². The van der Waals surface area contributed by atoms with Gasteiger partial charge in [-0.15, -0.1) is 24.8 Å². The lowest BCUT2D eigenvalue weighted by atomic mass is 10.1. The molecule has 0 aliphatic carbocycles. The van der Waals surface area contributed by atoms with E-state index in [1.54, 1.807) is 4.90 Å². The van der Waals surface area contributed by atoms with E-state index in [0.717, 1.165) is 19.5 Å². The monoisotopic (exact) mass is 349 g/mol. The van der Waals surface area contributed by atoms with Crippen LogP contribution < -0.4 is 11.1 Å². The van der Waals surface area contributed by atoms with Crippen molar-refractivity contribution in [1.29, 1.82) is 0 Å². The molecule has 0 unspecified atom stereocenters. The number of nitrogens with two attached hydrogens (primary N) is 1. The number of amides is 1. The van der Waals surface area contributed by atoms with E-state index in [2.05, 4.69) is 17.4 Å². The topological polar surface area (TPSA) is 67.6 Å². The van der Waals surface area contributed by atoms with Crippen LogP contribution in [0.5, 0.6) is 0 Å². The van der Waals surface area contributed by atoms with Gasteiger partial charge < -0.3 is 20.7 Å². The third-order valence-corrected chi connectivity index (χ3v) is 3.45.